The highest BCUT2D eigenvalue weighted by atomic mass is 35.5. The van der Waals surface area contributed by atoms with E-state index >= 15 is 0 Å². The van der Waals surface area contributed by atoms with Crippen LogP contribution in [-0.2, 0) is 10.0 Å². The van der Waals surface area contributed by atoms with Crippen molar-refractivity contribution in [2.75, 3.05) is 24.1 Å². The minimum absolute atomic E-state index is 0.0172. The number of benzene rings is 3. The van der Waals surface area contributed by atoms with E-state index in [9.17, 15) is 13.2 Å². The molecule has 5 rings (SSSR count). The van der Waals surface area contributed by atoms with Gasteiger partial charge in [0.1, 0.15) is 0 Å². The first-order chi connectivity index (χ1) is 19.8. The fraction of sp³-hybridized carbons (Fsp3) is 0.387. The van der Waals surface area contributed by atoms with E-state index in [2.05, 4.69) is 10.2 Å². The van der Waals surface area contributed by atoms with Gasteiger partial charge in [-0.3, -0.25) is 4.79 Å². The van der Waals surface area contributed by atoms with Crippen molar-refractivity contribution in [2.45, 2.75) is 55.9 Å². The number of carbonyl (C=O) groups excluding carboxylic acids is 1. The molecule has 1 heterocycles. The molecule has 1 saturated heterocycles. The van der Waals surface area contributed by atoms with E-state index in [-0.39, 0.29) is 27.6 Å². The number of nitrogens with zero attached hydrogens (tertiary/aromatic N) is 2. The van der Waals surface area contributed by atoms with Gasteiger partial charge in [-0.05, 0) is 119 Å². The van der Waals surface area contributed by atoms with Crippen LogP contribution in [0.1, 0.15) is 55.3 Å². The molecule has 0 spiro atoms. The second-order valence-electron chi connectivity index (χ2n) is 10.8. The van der Waals surface area contributed by atoms with Crippen molar-refractivity contribution in [3.63, 3.8) is 0 Å². The maximum absolute atomic E-state index is 13.7. The highest BCUT2D eigenvalue weighted by Gasteiger charge is 2.29. The Hall–Kier alpha value is -2.78. The second-order valence-corrected chi connectivity index (χ2v) is 13.4. The first-order valence-corrected chi connectivity index (χ1v) is 16.4. The summed E-state index contributed by atoms with van der Waals surface area (Å²) < 4.78 is 28.2. The topological polar surface area (TPSA) is 79.0 Å². The van der Waals surface area contributed by atoms with Crippen molar-refractivity contribution in [1.82, 2.24) is 10.2 Å². The number of nitrogens with one attached hydrogen (secondary N) is 1. The zero-order chi connectivity index (χ0) is 28.8. The van der Waals surface area contributed by atoms with Gasteiger partial charge >= 0.3 is 0 Å². The summed E-state index contributed by atoms with van der Waals surface area (Å²) in [4.78, 5) is 21.3. The van der Waals surface area contributed by atoms with Gasteiger partial charge in [0, 0.05) is 17.7 Å². The Morgan fingerprint density at radius 3 is 2.24 bits per heavy atom. The largest absolute Gasteiger partial charge is 0.364 e. The third-order valence-corrected chi connectivity index (χ3v) is 10.2. The third-order valence-electron chi connectivity index (χ3n) is 7.91. The van der Waals surface area contributed by atoms with Gasteiger partial charge in [-0.2, -0.15) is 8.42 Å². The van der Waals surface area contributed by atoms with E-state index in [1.165, 1.54) is 81.4 Å². The summed E-state index contributed by atoms with van der Waals surface area (Å²) in [6, 6.07) is 19.0. The normalized spacial score (nSPS) is 19.6. The number of amides is 1. The maximum atomic E-state index is 13.7. The monoisotopic (exact) mass is 615 g/mol. The van der Waals surface area contributed by atoms with Crippen LogP contribution in [0.3, 0.4) is 0 Å². The first kappa shape index (κ1) is 29.7. The fourth-order valence-electron chi connectivity index (χ4n) is 5.53. The smallest absolute Gasteiger partial charge is 0.295 e. The van der Waals surface area contributed by atoms with Crippen LogP contribution >= 0.6 is 23.2 Å². The van der Waals surface area contributed by atoms with Crippen molar-refractivity contribution in [3.8, 4) is 5.75 Å². The van der Waals surface area contributed by atoms with E-state index < -0.39 is 10.0 Å². The zero-order valence-corrected chi connectivity index (χ0v) is 25.2. The molecule has 0 unspecified atom stereocenters. The van der Waals surface area contributed by atoms with Crippen molar-refractivity contribution in [2.24, 2.45) is 5.92 Å². The Morgan fingerprint density at radius 2 is 1.59 bits per heavy atom. The van der Waals surface area contributed by atoms with E-state index in [1.807, 2.05) is 0 Å². The van der Waals surface area contributed by atoms with Crippen molar-refractivity contribution in [1.29, 1.82) is 0 Å². The van der Waals surface area contributed by atoms with Crippen LogP contribution in [0.25, 0.3) is 0 Å². The molecular weight excluding hydrogens is 581 g/mol. The van der Waals surface area contributed by atoms with Gasteiger partial charge in [-0.15, -0.1) is 0 Å². The summed E-state index contributed by atoms with van der Waals surface area (Å²) in [5, 5.41) is 3.71. The lowest BCUT2D eigenvalue weighted by atomic mass is 9.84. The summed E-state index contributed by atoms with van der Waals surface area (Å²) in [6.07, 6.45) is 8.09. The summed E-state index contributed by atoms with van der Waals surface area (Å²) in [5.74, 6) is 0.738. The Bertz CT molecular complexity index is 1420. The van der Waals surface area contributed by atoms with Crippen LogP contribution in [0.4, 0.5) is 5.69 Å². The summed E-state index contributed by atoms with van der Waals surface area (Å²) in [5.41, 5.74) is 0.716. The van der Waals surface area contributed by atoms with E-state index in [4.69, 9.17) is 28.0 Å². The number of para-hydroxylation sites is 1. The lowest BCUT2D eigenvalue weighted by Gasteiger charge is -2.30. The molecule has 1 aliphatic carbocycles. The number of sulfonamides is 1. The van der Waals surface area contributed by atoms with Crippen LogP contribution in [0, 0.1) is 5.92 Å². The number of hydrogen-bond donors (Lipinski definition) is 1. The quantitative estimate of drug-likeness (QED) is 0.249. The number of carbonyl (C=O) groups is 1. The summed E-state index contributed by atoms with van der Waals surface area (Å²) >= 11 is 12.1. The predicted octanol–water partition coefficient (Wildman–Crippen LogP) is 6.96. The Labute approximate surface area is 252 Å². The van der Waals surface area contributed by atoms with Crippen molar-refractivity contribution >= 4 is 44.8 Å². The van der Waals surface area contributed by atoms with Gasteiger partial charge in [-0.1, -0.05) is 45.9 Å². The lowest BCUT2D eigenvalue weighted by Crippen LogP contribution is -2.38. The van der Waals surface area contributed by atoms with Gasteiger partial charge < -0.3 is 15.1 Å². The molecule has 1 aliphatic heterocycles. The Balaban J connectivity index is 1.22. The number of anilines is 1. The minimum Gasteiger partial charge on any atom is -0.364 e. The molecule has 218 valence electrons. The molecule has 1 N–H and O–H groups in total. The summed E-state index contributed by atoms with van der Waals surface area (Å²) in [6.45, 7) is 3.66. The molecule has 3 aromatic rings. The molecule has 0 bridgehead atoms. The number of rotatable bonds is 10. The summed E-state index contributed by atoms with van der Waals surface area (Å²) in [7, 11) is -4.16. The number of hydrogen-bond acceptors (Lipinski definition) is 5. The van der Waals surface area contributed by atoms with E-state index in [0.29, 0.717) is 16.3 Å². The van der Waals surface area contributed by atoms with Gasteiger partial charge in [0.15, 0.2) is 5.75 Å². The van der Waals surface area contributed by atoms with E-state index in [0.717, 1.165) is 36.1 Å². The fourth-order valence-corrected chi connectivity index (χ4v) is 7.07. The van der Waals surface area contributed by atoms with Crippen molar-refractivity contribution < 1.29 is 18.0 Å². The first-order valence-electron chi connectivity index (χ1n) is 14.2. The average Bonchev–Trinajstić information content (AvgIpc) is 3.51. The van der Waals surface area contributed by atoms with Crippen molar-refractivity contribution in [3.05, 3.63) is 88.4 Å². The van der Waals surface area contributed by atoms with Gasteiger partial charge in [-0.25, -0.2) is 0 Å². The molecule has 0 aromatic heterocycles. The third kappa shape index (κ3) is 7.55. The molecular formula is C31H35Cl2N3O4S. The van der Waals surface area contributed by atoms with Gasteiger partial charge in [0.05, 0.1) is 20.6 Å². The molecule has 0 radical (unpaired) electrons. The van der Waals surface area contributed by atoms with E-state index in [1.54, 1.807) is 30.3 Å². The molecule has 2 aliphatic rings. The van der Waals surface area contributed by atoms with Crippen LogP contribution in [-0.4, -0.2) is 44.9 Å². The van der Waals surface area contributed by atoms with Crippen LogP contribution in [0.5, 0.6) is 5.75 Å². The minimum atomic E-state index is -4.16. The molecule has 41 heavy (non-hydrogen) atoms. The van der Waals surface area contributed by atoms with Crippen LogP contribution in [0.2, 0.25) is 10.0 Å². The second kappa shape index (κ2) is 13.5. The molecule has 1 saturated carbocycles. The molecule has 2 fully saturated rings. The molecule has 3 aromatic carbocycles. The highest BCUT2D eigenvalue weighted by molar-refractivity contribution is 7.92. The average molecular weight is 617 g/mol. The standard InChI is InChI=1S/C31H35Cl2N3O4S/c32-29-17-14-27(22-30(29)33)40-36(26-6-2-1-3-7-26)41(38,39)28-15-10-24(11-16-28)31(37)34-25-12-8-23(9-13-25)18-21-35-19-4-5-20-35/h1-3,6-7,10-11,14-17,22-23,25H,4-5,8-9,12-13,18-21H2,(H,34,37). The number of halogens is 2. The van der Waals surface area contributed by atoms with Crippen LogP contribution in [0.15, 0.2) is 77.7 Å². The van der Waals surface area contributed by atoms with Crippen LogP contribution < -0.4 is 14.6 Å². The Morgan fingerprint density at radius 1 is 0.902 bits per heavy atom. The Kier molecular flexibility index (Phi) is 9.75. The zero-order valence-electron chi connectivity index (χ0n) is 22.8. The molecule has 0 atom stereocenters. The molecule has 7 nitrogen and oxygen atoms in total. The SMILES string of the molecule is O=C(NC1CCC(CCN2CCCC2)CC1)c1ccc(S(=O)(=O)N(Oc2ccc(Cl)c(Cl)c2)c2ccccc2)cc1. The van der Waals surface area contributed by atoms with Gasteiger partial charge in [0.25, 0.3) is 15.9 Å². The number of likely N-dealkylation sites (tertiary alicyclic amines) is 1. The van der Waals surface area contributed by atoms with Gasteiger partial charge in [0.2, 0.25) is 0 Å². The predicted molar refractivity (Wildman–Crippen MR) is 163 cm³/mol. The highest BCUT2D eigenvalue weighted by Crippen LogP contribution is 2.31. The lowest BCUT2D eigenvalue weighted by molar-refractivity contribution is 0.0920. The molecule has 1 amide bonds. The molecule has 10 heteroatoms. The maximum Gasteiger partial charge on any atom is 0.295 e.